The summed E-state index contributed by atoms with van der Waals surface area (Å²) in [6, 6.07) is 0. The van der Waals surface area contributed by atoms with E-state index in [-0.39, 0.29) is 0 Å². The number of hydrogen-bond acceptors (Lipinski definition) is 1. The molecule has 0 radical (unpaired) electrons. The Labute approximate surface area is 185 Å². The van der Waals surface area contributed by atoms with Crippen molar-refractivity contribution in [1.29, 1.82) is 0 Å². The summed E-state index contributed by atoms with van der Waals surface area (Å²) in [6.45, 7) is 20.6. The lowest BCUT2D eigenvalue weighted by Crippen LogP contribution is -2.20. The molecule has 1 N–H and O–H groups in total. The molecule has 1 fully saturated rings. The van der Waals surface area contributed by atoms with Crippen molar-refractivity contribution in [3.63, 3.8) is 0 Å². The molecule has 3 aliphatic carbocycles. The summed E-state index contributed by atoms with van der Waals surface area (Å²) in [5.74, 6) is 0.345. The van der Waals surface area contributed by atoms with Gasteiger partial charge in [-0.15, -0.1) is 0 Å². The molecule has 1 unspecified atom stereocenters. The maximum Gasteiger partial charge on any atom is 0.0146 e. The Morgan fingerprint density at radius 1 is 1.13 bits per heavy atom. The maximum atomic E-state index is 4.67. The van der Waals surface area contributed by atoms with Crippen molar-refractivity contribution in [3.05, 3.63) is 80.7 Å². The summed E-state index contributed by atoms with van der Waals surface area (Å²) >= 11 is 0. The van der Waals surface area contributed by atoms with Crippen LogP contribution < -0.4 is 5.32 Å². The van der Waals surface area contributed by atoms with Crippen molar-refractivity contribution < 1.29 is 0 Å². The lowest BCUT2D eigenvalue weighted by atomic mass is 9.71. The van der Waals surface area contributed by atoms with Crippen LogP contribution in [0.1, 0.15) is 86.0 Å². The highest BCUT2D eigenvalue weighted by Gasteiger charge is 2.30. The maximum absolute atomic E-state index is 4.67. The molecular weight excluding hydrogens is 362 g/mol. The van der Waals surface area contributed by atoms with E-state index in [0.29, 0.717) is 5.92 Å². The van der Waals surface area contributed by atoms with Crippen LogP contribution in [0.2, 0.25) is 0 Å². The van der Waals surface area contributed by atoms with E-state index in [2.05, 4.69) is 66.2 Å². The minimum absolute atomic E-state index is 0.345. The molecule has 0 aliphatic heterocycles. The van der Waals surface area contributed by atoms with Crippen LogP contribution in [0.5, 0.6) is 0 Å². The third kappa shape index (κ3) is 3.96. The molecule has 162 valence electrons. The highest BCUT2D eigenvalue weighted by atomic mass is 14.8. The molecule has 0 heterocycles. The predicted octanol–water partition coefficient (Wildman–Crippen LogP) is 8.27. The fourth-order valence-corrected chi connectivity index (χ4v) is 5.74. The first-order chi connectivity index (χ1) is 14.3. The topological polar surface area (TPSA) is 12.0 Å². The lowest BCUT2D eigenvalue weighted by molar-refractivity contribution is 0.689. The van der Waals surface area contributed by atoms with Crippen molar-refractivity contribution in [1.82, 2.24) is 5.32 Å². The Hall–Kier alpha value is -2.02. The fraction of sp³-hybridized carbons (Fsp3) is 0.517. The SMILES string of the molecule is C=C(C1=CC(C)=C(CCC)C(=C)C1C)/C(CC)=C1/CCCC2=C(NC)CCC(C)=C21. The monoisotopic (exact) mass is 403 g/mol. The number of rotatable bonds is 6. The van der Waals surface area contributed by atoms with Crippen molar-refractivity contribution >= 4 is 0 Å². The van der Waals surface area contributed by atoms with Crippen LogP contribution >= 0.6 is 0 Å². The van der Waals surface area contributed by atoms with E-state index in [9.17, 15) is 0 Å². The van der Waals surface area contributed by atoms with E-state index in [0.717, 1.165) is 19.3 Å². The van der Waals surface area contributed by atoms with Gasteiger partial charge in [0.15, 0.2) is 0 Å². The van der Waals surface area contributed by atoms with Crippen LogP contribution in [0.15, 0.2) is 80.7 Å². The molecule has 0 saturated heterocycles. The van der Waals surface area contributed by atoms with E-state index in [1.807, 2.05) is 0 Å². The van der Waals surface area contributed by atoms with Crippen LogP contribution in [0.4, 0.5) is 0 Å². The third-order valence-corrected chi connectivity index (χ3v) is 7.46. The van der Waals surface area contributed by atoms with Gasteiger partial charge in [0.25, 0.3) is 0 Å². The quantitative estimate of drug-likeness (QED) is 0.470. The molecule has 1 atom stereocenters. The fourth-order valence-electron chi connectivity index (χ4n) is 5.74. The van der Waals surface area contributed by atoms with Gasteiger partial charge in [0, 0.05) is 18.7 Å². The van der Waals surface area contributed by atoms with E-state index in [1.54, 1.807) is 22.3 Å². The van der Waals surface area contributed by atoms with Crippen molar-refractivity contribution in [2.45, 2.75) is 86.0 Å². The van der Waals surface area contributed by atoms with E-state index < -0.39 is 0 Å². The second-order valence-corrected chi connectivity index (χ2v) is 9.26. The van der Waals surface area contributed by atoms with Gasteiger partial charge in [0.2, 0.25) is 0 Å². The van der Waals surface area contributed by atoms with Gasteiger partial charge in [-0.05, 0) is 109 Å². The molecule has 0 bridgehead atoms. The Kier molecular flexibility index (Phi) is 7.11. The molecule has 0 aromatic rings. The van der Waals surface area contributed by atoms with Gasteiger partial charge < -0.3 is 5.32 Å². The molecule has 1 nitrogen and oxygen atoms in total. The van der Waals surface area contributed by atoms with Gasteiger partial charge in [-0.25, -0.2) is 0 Å². The summed E-state index contributed by atoms with van der Waals surface area (Å²) in [6.07, 6.45) is 11.7. The van der Waals surface area contributed by atoms with Crippen molar-refractivity contribution in [3.8, 4) is 0 Å². The number of nitrogens with one attached hydrogen (secondary N) is 1. The molecule has 3 aliphatic rings. The Bertz CT molecular complexity index is 910. The minimum atomic E-state index is 0.345. The van der Waals surface area contributed by atoms with Crippen LogP contribution in [-0.4, -0.2) is 7.05 Å². The number of allylic oxidation sites excluding steroid dienone is 12. The standard InChI is InChI=1S/C29H41N/c1-9-12-24-19(4)17-27(21(6)20(24)5)22(7)23(10-2)25-13-11-14-26-28(30-8)16-15-18(3)29(25)26/h17,21,30H,5,7,9-16H2,1-4,6,8H3/b25-23-. The van der Waals surface area contributed by atoms with E-state index in [1.165, 1.54) is 71.2 Å². The first kappa shape index (κ1) is 22.7. The molecule has 30 heavy (non-hydrogen) atoms. The Balaban J connectivity index is 2.10. The highest BCUT2D eigenvalue weighted by Crippen LogP contribution is 2.47. The van der Waals surface area contributed by atoms with Crippen LogP contribution in [-0.2, 0) is 0 Å². The molecule has 0 aromatic carbocycles. The number of fused-ring (bicyclic) bond motifs is 1. The molecule has 0 aromatic heterocycles. The molecule has 1 saturated carbocycles. The Morgan fingerprint density at radius 3 is 2.50 bits per heavy atom. The molecule has 1 heteroatoms. The molecule has 0 amide bonds. The van der Waals surface area contributed by atoms with Crippen LogP contribution in [0.25, 0.3) is 0 Å². The predicted molar refractivity (Wildman–Crippen MR) is 132 cm³/mol. The van der Waals surface area contributed by atoms with Crippen molar-refractivity contribution in [2.24, 2.45) is 5.92 Å². The third-order valence-electron chi connectivity index (χ3n) is 7.46. The van der Waals surface area contributed by atoms with Gasteiger partial charge in [-0.3, -0.25) is 0 Å². The molecular formula is C29H41N. The average molecular weight is 404 g/mol. The summed E-state index contributed by atoms with van der Waals surface area (Å²) < 4.78 is 0. The molecule has 0 spiro atoms. The Morgan fingerprint density at radius 2 is 1.87 bits per heavy atom. The zero-order valence-corrected chi connectivity index (χ0v) is 20.2. The zero-order chi connectivity index (χ0) is 22.0. The number of hydrogen-bond donors (Lipinski definition) is 1. The summed E-state index contributed by atoms with van der Waals surface area (Å²) in [4.78, 5) is 0. The second kappa shape index (κ2) is 9.41. The zero-order valence-electron chi connectivity index (χ0n) is 20.2. The normalized spacial score (nSPS) is 24.1. The largest absolute Gasteiger partial charge is 0.391 e. The first-order valence-corrected chi connectivity index (χ1v) is 12.0. The van der Waals surface area contributed by atoms with Gasteiger partial charge in [0.1, 0.15) is 0 Å². The first-order valence-electron chi connectivity index (χ1n) is 12.0. The van der Waals surface area contributed by atoms with Gasteiger partial charge in [-0.2, -0.15) is 0 Å². The lowest BCUT2D eigenvalue weighted by Gasteiger charge is -2.34. The van der Waals surface area contributed by atoms with Gasteiger partial charge >= 0.3 is 0 Å². The van der Waals surface area contributed by atoms with Gasteiger partial charge in [-0.1, -0.05) is 52.0 Å². The van der Waals surface area contributed by atoms with Crippen molar-refractivity contribution in [2.75, 3.05) is 7.05 Å². The summed E-state index contributed by atoms with van der Waals surface area (Å²) in [7, 11) is 2.08. The van der Waals surface area contributed by atoms with Crippen LogP contribution in [0.3, 0.4) is 0 Å². The highest BCUT2D eigenvalue weighted by molar-refractivity contribution is 5.64. The average Bonchev–Trinajstić information content (AvgIpc) is 2.74. The summed E-state index contributed by atoms with van der Waals surface area (Å²) in [5, 5.41) is 3.50. The summed E-state index contributed by atoms with van der Waals surface area (Å²) in [5.41, 5.74) is 15.9. The van der Waals surface area contributed by atoms with Crippen LogP contribution in [0, 0.1) is 5.92 Å². The van der Waals surface area contributed by atoms with E-state index >= 15 is 0 Å². The van der Waals surface area contributed by atoms with E-state index in [4.69, 9.17) is 0 Å². The smallest absolute Gasteiger partial charge is 0.0146 e. The second-order valence-electron chi connectivity index (χ2n) is 9.26. The van der Waals surface area contributed by atoms with Gasteiger partial charge in [0.05, 0.1) is 0 Å². The minimum Gasteiger partial charge on any atom is -0.391 e. The molecule has 3 rings (SSSR count).